The number of benzene rings is 2. The van der Waals surface area contributed by atoms with Crippen LogP contribution in [0.5, 0.6) is 0 Å². The quantitative estimate of drug-likeness (QED) is 0.545. The SMILES string of the molecule is Cc1nc2ccc(F)cc2cc1C(=O)Nc1ccc([C@H](O)Cn2cncn2)cc1. The van der Waals surface area contributed by atoms with E-state index in [1.807, 2.05) is 0 Å². The molecule has 0 bridgehead atoms. The molecule has 2 N–H and O–H groups in total. The smallest absolute Gasteiger partial charge is 0.257 e. The number of aryl methyl sites for hydroxylation is 1. The molecule has 4 rings (SSSR count). The number of nitrogens with one attached hydrogen (secondary N) is 1. The van der Waals surface area contributed by atoms with Crippen molar-refractivity contribution in [2.75, 3.05) is 5.32 Å². The second-order valence-electron chi connectivity index (χ2n) is 6.67. The van der Waals surface area contributed by atoms with E-state index < -0.39 is 6.10 Å². The standard InChI is InChI=1S/C21H18FN5O2/c1-13-18(9-15-8-16(22)4-7-19(15)25-13)21(29)26-17-5-2-14(3-6-17)20(28)10-27-12-23-11-24-27/h2-9,11-12,20,28H,10H2,1H3,(H,26,29)/t20-/m1/s1. The lowest BCUT2D eigenvalue weighted by atomic mass is 10.1. The Morgan fingerprint density at radius 2 is 2.00 bits per heavy atom. The van der Waals surface area contributed by atoms with E-state index in [0.717, 1.165) is 0 Å². The van der Waals surface area contributed by atoms with Crippen molar-refractivity contribution in [3.63, 3.8) is 0 Å². The number of amides is 1. The Morgan fingerprint density at radius 1 is 1.21 bits per heavy atom. The van der Waals surface area contributed by atoms with Crippen molar-refractivity contribution < 1.29 is 14.3 Å². The Morgan fingerprint density at radius 3 is 2.72 bits per heavy atom. The number of aliphatic hydroxyl groups excluding tert-OH is 1. The number of carbonyl (C=O) groups excluding carboxylic acids is 1. The third-order valence-electron chi connectivity index (χ3n) is 4.59. The molecule has 2 heterocycles. The predicted octanol–water partition coefficient (Wildman–Crippen LogP) is 3.26. The molecule has 0 saturated carbocycles. The number of hydrogen-bond donors (Lipinski definition) is 2. The van der Waals surface area contributed by atoms with Gasteiger partial charge in [-0.3, -0.25) is 14.5 Å². The first kappa shape index (κ1) is 18.7. The number of nitrogens with zero attached hydrogens (tertiary/aromatic N) is 4. The monoisotopic (exact) mass is 391 g/mol. The summed E-state index contributed by atoms with van der Waals surface area (Å²) in [7, 11) is 0. The van der Waals surface area contributed by atoms with Gasteiger partial charge in [0.05, 0.1) is 29.4 Å². The van der Waals surface area contributed by atoms with E-state index in [9.17, 15) is 14.3 Å². The van der Waals surface area contributed by atoms with Gasteiger partial charge in [-0.05, 0) is 48.9 Å². The molecule has 0 fully saturated rings. The zero-order chi connectivity index (χ0) is 20.4. The van der Waals surface area contributed by atoms with E-state index in [-0.39, 0.29) is 18.3 Å². The fourth-order valence-electron chi connectivity index (χ4n) is 3.07. The molecule has 2 aromatic carbocycles. The van der Waals surface area contributed by atoms with Crippen molar-refractivity contribution in [2.45, 2.75) is 19.6 Å². The number of pyridine rings is 1. The van der Waals surface area contributed by atoms with E-state index in [1.165, 1.54) is 24.8 Å². The average Bonchev–Trinajstić information content (AvgIpc) is 3.21. The minimum Gasteiger partial charge on any atom is -0.386 e. The van der Waals surface area contributed by atoms with Crippen LogP contribution >= 0.6 is 0 Å². The summed E-state index contributed by atoms with van der Waals surface area (Å²) in [4.78, 5) is 20.9. The highest BCUT2D eigenvalue weighted by atomic mass is 19.1. The molecule has 0 aliphatic carbocycles. The summed E-state index contributed by atoms with van der Waals surface area (Å²) < 4.78 is 15.0. The molecule has 0 aliphatic heterocycles. The third kappa shape index (κ3) is 4.12. The Labute approximate surface area is 165 Å². The van der Waals surface area contributed by atoms with Crippen LogP contribution in [0, 0.1) is 12.7 Å². The largest absolute Gasteiger partial charge is 0.386 e. The lowest BCUT2D eigenvalue weighted by Gasteiger charge is -2.12. The second-order valence-corrected chi connectivity index (χ2v) is 6.67. The second kappa shape index (κ2) is 7.76. The number of aromatic nitrogens is 4. The predicted molar refractivity (Wildman–Crippen MR) is 106 cm³/mol. The number of fused-ring (bicyclic) bond motifs is 1. The maximum absolute atomic E-state index is 13.5. The molecule has 0 unspecified atom stereocenters. The Hall–Kier alpha value is -3.65. The zero-order valence-corrected chi connectivity index (χ0v) is 15.6. The van der Waals surface area contributed by atoms with Crippen LogP contribution in [0.25, 0.3) is 10.9 Å². The van der Waals surface area contributed by atoms with Crippen molar-refractivity contribution in [3.05, 3.63) is 83.8 Å². The Bertz CT molecular complexity index is 1160. The Balaban J connectivity index is 1.49. The van der Waals surface area contributed by atoms with Crippen molar-refractivity contribution in [1.82, 2.24) is 19.7 Å². The van der Waals surface area contributed by atoms with Gasteiger partial charge in [0.2, 0.25) is 0 Å². The first-order chi connectivity index (χ1) is 14.0. The average molecular weight is 391 g/mol. The number of carbonyl (C=O) groups is 1. The van der Waals surface area contributed by atoms with Crippen LogP contribution < -0.4 is 5.32 Å². The highest BCUT2D eigenvalue weighted by molar-refractivity contribution is 6.06. The van der Waals surface area contributed by atoms with Crippen LogP contribution in [0.3, 0.4) is 0 Å². The third-order valence-corrected chi connectivity index (χ3v) is 4.59. The van der Waals surface area contributed by atoms with E-state index in [4.69, 9.17) is 0 Å². The van der Waals surface area contributed by atoms with Gasteiger partial charge in [0.15, 0.2) is 0 Å². The molecule has 1 atom stereocenters. The maximum Gasteiger partial charge on any atom is 0.257 e. The van der Waals surface area contributed by atoms with Crippen LogP contribution in [0.2, 0.25) is 0 Å². The minimum absolute atomic E-state index is 0.282. The molecule has 8 heteroatoms. The summed E-state index contributed by atoms with van der Waals surface area (Å²) in [6, 6.07) is 12.8. The van der Waals surface area contributed by atoms with Gasteiger partial charge in [-0.15, -0.1) is 0 Å². The van der Waals surface area contributed by atoms with Gasteiger partial charge in [0.1, 0.15) is 18.5 Å². The molecule has 7 nitrogen and oxygen atoms in total. The van der Waals surface area contributed by atoms with Crippen molar-refractivity contribution in [3.8, 4) is 0 Å². The van der Waals surface area contributed by atoms with Gasteiger partial charge in [-0.1, -0.05) is 12.1 Å². The summed E-state index contributed by atoms with van der Waals surface area (Å²) in [5.74, 6) is -0.716. The van der Waals surface area contributed by atoms with Gasteiger partial charge < -0.3 is 10.4 Å². The highest BCUT2D eigenvalue weighted by Gasteiger charge is 2.14. The molecule has 29 heavy (non-hydrogen) atoms. The minimum atomic E-state index is -0.747. The number of hydrogen-bond acceptors (Lipinski definition) is 5. The number of anilines is 1. The molecule has 0 aliphatic rings. The fourth-order valence-corrected chi connectivity index (χ4v) is 3.07. The lowest BCUT2D eigenvalue weighted by Crippen LogP contribution is -2.14. The van der Waals surface area contributed by atoms with Crippen LogP contribution in [0.1, 0.15) is 27.7 Å². The van der Waals surface area contributed by atoms with E-state index in [1.54, 1.807) is 48.0 Å². The fraction of sp³-hybridized carbons (Fsp3) is 0.143. The van der Waals surface area contributed by atoms with Crippen LogP contribution in [0.4, 0.5) is 10.1 Å². The maximum atomic E-state index is 13.5. The molecule has 4 aromatic rings. The molecular weight excluding hydrogens is 373 g/mol. The first-order valence-electron chi connectivity index (χ1n) is 8.98. The van der Waals surface area contributed by atoms with Crippen LogP contribution in [-0.4, -0.2) is 30.8 Å². The zero-order valence-electron chi connectivity index (χ0n) is 15.6. The van der Waals surface area contributed by atoms with Gasteiger partial charge in [-0.2, -0.15) is 5.10 Å². The first-order valence-corrected chi connectivity index (χ1v) is 8.98. The summed E-state index contributed by atoms with van der Waals surface area (Å²) in [6.07, 6.45) is 2.19. The molecule has 146 valence electrons. The molecule has 0 saturated heterocycles. The van der Waals surface area contributed by atoms with E-state index in [2.05, 4.69) is 20.4 Å². The molecule has 0 radical (unpaired) electrons. The van der Waals surface area contributed by atoms with Crippen molar-refractivity contribution in [2.24, 2.45) is 0 Å². The summed E-state index contributed by atoms with van der Waals surface area (Å²) >= 11 is 0. The normalized spacial score (nSPS) is 12.1. The molecule has 2 aromatic heterocycles. The van der Waals surface area contributed by atoms with Crippen LogP contribution in [-0.2, 0) is 6.54 Å². The summed E-state index contributed by atoms with van der Waals surface area (Å²) in [5, 5.41) is 17.6. The Kier molecular flexibility index (Phi) is 5.01. The summed E-state index contributed by atoms with van der Waals surface area (Å²) in [5.41, 5.74) is 2.83. The number of rotatable bonds is 5. The van der Waals surface area contributed by atoms with E-state index >= 15 is 0 Å². The van der Waals surface area contributed by atoms with Gasteiger partial charge in [0.25, 0.3) is 5.91 Å². The topological polar surface area (TPSA) is 92.9 Å². The highest BCUT2D eigenvalue weighted by Crippen LogP contribution is 2.21. The van der Waals surface area contributed by atoms with Crippen LogP contribution in [0.15, 0.2) is 61.2 Å². The van der Waals surface area contributed by atoms with Gasteiger partial charge in [0, 0.05) is 11.1 Å². The lowest BCUT2D eigenvalue weighted by molar-refractivity contribution is 0.102. The molecule has 0 spiro atoms. The van der Waals surface area contributed by atoms with Gasteiger partial charge in [-0.25, -0.2) is 9.37 Å². The molecular formula is C21H18FN5O2. The van der Waals surface area contributed by atoms with Crippen molar-refractivity contribution >= 4 is 22.5 Å². The number of aliphatic hydroxyl groups is 1. The molecule has 1 amide bonds. The summed E-state index contributed by atoms with van der Waals surface area (Å²) in [6.45, 7) is 2.02. The van der Waals surface area contributed by atoms with Gasteiger partial charge >= 0.3 is 0 Å². The van der Waals surface area contributed by atoms with E-state index in [0.29, 0.717) is 33.4 Å². The number of halogens is 1. The van der Waals surface area contributed by atoms with Crippen molar-refractivity contribution in [1.29, 1.82) is 0 Å².